The van der Waals surface area contributed by atoms with Gasteiger partial charge in [0.1, 0.15) is 12.4 Å². The Labute approximate surface area is 116 Å². The number of anilines is 1. The van der Waals surface area contributed by atoms with Crippen molar-refractivity contribution in [2.24, 2.45) is 4.99 Å². The molecule has 5 nitrogen and oxygen atoms in total. The zero-order valence-electron chi connectivity index (χ0n) is 11.6. The van der Waals surface area contributed by atoms with Crippen LogP contribution in [-0.4, -0.2) is 30.2 Å². The van der Waals surface area contributed by atoms with E-state index in [0.717, 1.165) is 0 Å². The van der Waals surface area contributed by atoms with Crippen LogP contribution in [0.4, 0.5) is 14.9 Å². The second-order valence-electron chi connectivity index (χ2n) is 5.23. The summed E-state index contributed by atoms with van der Waals surface area (Å²) in [5, 5.41) is 2.45. The van der Waals surface area contributed by atoms with Gasteiger partial charge in [-0.25, -0.2) is 14.2 Å². The van der Waals surface area contributed by atoms with Crippen molar-refractivity contribution in [2.45, 2.75) is 32.4 Å². The van der Waals surface area contributed by atoms with Gasteiger partial charge in [0.15, 0.2) is 6.10 Å². The van der Waals surface area contributed by atoms with E-state index in [1.165, 1.54) is 18.2 Å². The molecule has 1 aliphatic rings. The van der Waals surface area contributed by atoms with Crippen LogP contribution in [0.15, 0.2) is 29.3 Å². The van der Waals surface area contributed by atoms with Gasteiger partial charge < -0.3 is 9.47 Å². The zero-order chi connectivity index (χ0) is 14.8. The number of benzene rings is 1. The predicted molar refractivity (Wildman–Crippen MR) is 73.4 cm³/mol. The van der Waals surface area contributed by atoms with E-state index >= 15 is 0 Å². The smallest absolute Gasteiger partial charge is 0.412 e. The molecule has 0 radical (unpaired) electrons. The van der Waals surface area contributed by atoms with Crippen molar-refractivity contribution in [2.75, 3.05) is 11.9 Å². The van der Waals surface area contributed by atoms with E-state index in [1.807, 2.05) is 13.8 Å². The monoisotopic (exact) mass is 280 g/mol. The highest BCUT2D eigenvalue weighted by Gasteiger charge is 2.30. The summed E-state index contributed by atoms with van der Waals surface area (Å²) in [5.41, 5.74) is 0.0308. The average molecular weight is 280 g/mol. The molecule has 1 heterocycles. The molecule has 0 bridgehead atoms. The molecule has 1 N–H and O–H groups in total. The number of ether oxygens (including phenoxy) is 2. The fourth-order valence-electron chi connectivity index (χ4n) is 1.75. The fraction of sp³-hybridized carbons (Fsp3) is 0.429. The molecule has 1 amide bonds. The number of hydrogen-bond acceptors (Lipinski definition) is 4. The van der Waals surface area contributed by atoms with Crippen LogP contribution < -0.4 is 5.32 Å². The Hall–Kier alpha value is -2.11. The molecular weight excluding hydrogens is 263 g/mol. The standard InChI is InChI=1S/C14H17FN2O3/c1-9(12-17-14(2,3)8-19-12)20-13(18)16-11-6-4-5-10(15)7-11/h4-7,9H,8H2,1-3H3,(H,16,18). The highest BCUT2D eigenvalue weighted by atomic mass is 19.1. The number of nitrogens with one attached hydrogen (secondary N) is 1. The van der Waals surface area contributed by atoms with Gasteiger partial charge in [0.25, 0.3) is 0 Å². The van der Waals surface area contributed by atoms with Crippen LogP contribution in [0.5, 0.6) is 0 Å². The third-order valence-corrected chi connectivity index (χ3v) is 2.69. The van der Waals surface area contributed by atoms with Gasteiger partial charge >= 0.3 is 6.09 Å². The summed E-state index contributed by atoms with van der Waals surface area (Å²) in [7, 11) is 0. The molecule has 0 saturated heterocycles. The minimum absolute atomic E-state index is 0.300. The van der Waals surface area contributed by atoms with Gasteiger partial charge in [-0.1, -0.05) is 6.07 Å². The van der Waals surface area contributed by atoms with Crippen molar-refractivity contribution in [3.63, 3.8) is 0 Å². The number of hydrogen-bond donors (Lipinski definition) is 1. The van der Waals surface area contributed by atoms with Crippen molar-refractivity contribution >= 4 is 17.7 Å². The lowest BCUT2D eigenvalue weighted by Crippen LogP contribution is -2.27. The van der Waals surface area contributed by atoms with Crippen molar-refractivity contribution in [1.29, 1.82) is 0 Å². The quantitative estimate of drug-likeness (QED) is 0.926. The van der Waals surface area contributed by atoms with E-state index < -0.39 is 18.0 Å². The van der Waals surface area contributed by atoms with Gasteiger partial charge in [0.05, 0.1) is 5.54 Å². The van der Waals surface area contributed by atoms with Gasteiger partial charge in [0, 0.05) is 5.69 Å². The highest BCUT2D eigenvalue weighted by Crippen LogP contribution is 2.19. The van der Waals surface area contributed by atoms with Crippen LogP contribution >= 0.6 is 0 Å². The molecule has 1 aromatic rings. The van der Waals surface area contributed by atoms with Crippen LogP contribution in [-0.2, 0) is 9.47 Å². The molecule has 0 aliphatic carbocycles. The van der Waals surface area contributed by atoms with Gasteiger partial charge in [-0.2, -0.15) is 0 Å². The van der Waals surface area contributed by atoms with Crippen molar-refractivity contribution in [3.05, 3.63) is 30.1 Å². The molecule has 0 spiro atoms. The first kappa shape index (κ1) is 14.3. The van der Waals surface area contributed by atoms with Crippen LogP contribution in [0.25, 0.3) is 0 Å². The molecule has 1 aromatic carbocycles. The molecule has 108 valence electrons. The molecule has 1 unspecified atom stereocenters. The largest absolute Gasteiger partial charge is 0.476 e. The minimum Gasteiger partial charge on any atom is -0.476 e. The number of halogens is 1. The maximum atomic E-state index is 13.0. The van der Waals surface area contributed by atoms with Crippen molar-refractivity contribution < 1.29 is 18.7 Å². The first-order chi connectivity index (χ1) is 9.35. The Morgan fingerprint density at radius 2 is 2.30 bits per heavy atom. The summed E-state index contributed by atoms with van der Waals surface area (Å²) >= 11 is 0. The molecule has 2 rings (SSSR count). The molecule has 0 fully saturated rings. The summed E-state index contributed by atoms with van der Waals surface area (Å²) < 4.78 is 23.5. The van der Waals surface area contributed by atoms with Gasteiger partial charge in [-0.15, -0.1) is 0 Å². The third-order valence-electron chi connectivity index (χ3n) is 2.69. The number of amides is 1. The highest BCUT2D eigenvalue weighted by molar-refractivity contribution is 5.89. The summed E-state index contributed by atoms with van der Waals surface area (Å²) in [6.45, 7) is 5.99. The number of carbonyl (C=O) groups excluding carboxylic acids is 1. The Balaban J connectivity index is 1.92. The van der Waals surface area contributed by atoms with E-state index in [-0.39, 0.29) is 5.54 Å². The number of rotatable bonds is 3. The third kappa shape index (κ3) is 3.69. The SMILES string of the molecule is CC(OC(=O)Nc1cccc(F)c1)C1=NC(C)(C)CO1. The minimum atomic E-state index is -0.681. The molecule has 20 heavy (non-hydrogen) atoms. The van der Waals surface area contributed by atoms with Crippen LogP contribution in [0.1, 0.15) is 20.8 Å². The van der Waals surface area contributed by atoms with Gasteiger partial charge in [0.2, 0.25) is 5.90 Å². The molecule has 1 aliphatic heterocycles. The lowest BCUT2D eigenvalue weighted by atomic mass is 10.1. The van der Waals surface area contributed by atoms with E-state index in [0.29, 0.717) is 18.2 Å². The summed E-state index contributed by atoms with van der Waals surface area (Å²) in [6.07, 6.45) is -1.27. The molecule has 0 aromatic heterocycles. The van der Waals surface area contributed by atoms with E-state index in [9.17, 15) is 9.18 Å². The van der Waals surface area contributed by atoms with Crippen LogP contribution in [0.2, 0.25) is 0 Å². The lowest BCUT2D eigenvalue weighted by Gasteiger charge is -2.13. The zero-order valence-corrected chi connectivity index (χ0v) is 11.6. The Morgan fingerprint density at radius 1 is 1.55 bits per heavy atom. The van der Waals surface area contributed by atoms with E-state index in [4.69, 9.17) is 9.47 Å². The maximum absolute atomic E-state index is 13.0. The number of carbonyl (C=O) groups is 1. The van der Waals surface area contributed by atoms with Crippen LogP contribution in [0.3, 0.4) is 0 Å². The van der Waals surface area contributed by atoms with Crippen molar-refractivity contribution in [3.8, 4) is 0 Å². The Kier molecular flexibility index (Phi) is 3.92. The lowest BCUT2D eigenvalue weighted by molar-refractivity contribution is 0.135. The van der Waals surface area contributed by atoms with E-state index in [2.05, 4.69) is 10.3 Å². The van der Waals surface area contributed by atoms with Gasteiger partial charge in [-0.05, 0) is 39.0 Å². The summed E-state index contributed by atoms with van der Waals surface area (Å²) in [5.74, 6) is -0.0366. The first-order valence-corrected chi connectivity index (χ1v) is 6.31. The summed E-state index contributed by atoms with van der Waals surface area (Å²) in [4.78, 5) is 16.0. The fourth-order valence-corrected chi connectivity index (χ4v) is 1.75. The first-order valence-electron chi connectivity index (χ1n) is 6.31. The van der Waals surface area contributed by atoms with Gasteiger partial charge in [-0.3, -0.25) is 5.32 Å². The topological polar surface area (TPSA) is 59.9 Å². The Bertz CT molecular complexity index is 543. The molecule has 1 atom stereocenters. The second kappa shape index (κ2) is 5.48. The summed E-state index contributed by atoms with van der Waals surface area (Å²) in [6, 6.07) is 5.57. The number of aliphatic imine (C=N–C) groups is 1. The average Bonchev–Trinajstić information content (AvgIpc) is 2.69. The predicted octanol–water partition coefficient (Wildman–Crippen LogP) is 2.97. The molecule has 0 saturated carbocycles. The normalized spacial score (nSPS) is 17.9. The Morgan fingerprint density at radius 3 is 2.90 bits per heavy atom. The number of nitrogens with zero attached hydrogens (tertiary/aromatic N) is 1. The maximum Gasteiger partial charge on any atom is 0.412 e. The van der Waals surface area contributed by atoms with E-state index in [1.54, 1.807) is 13.0 Å². The second-order valence-corrected chi connectivity index (χ2v) is 5.23. The molecular formula is C14H17FN2O3. The molecule has 6 heteroatoms. The van der Waals surface area contributed by atoms with Crippen LogP contribution in [0, 0.1) is 5.82 Å². The van der Waals surface area contributed by atoms with Crippen molar-refractivity contribution in [1.82, 2.24) is 0 Å².